The molecule has 1 aliphatic heterocycles. The highest BCUT2D eigenvalue weighted by atomic mass is 16.6. The van der Waals surface area contributed by atoms with Crippen LogP contribution < -0.4 is 10.1 Å². The van der Waals surface area contributed by atoms with Gasteiger partial charge in [0.15, 0.2) is 0 Å². The van der Waals surface area contributed by atoms with Crippen LogP contribution in [0.25, 0.3) is 0 Å². The lowest BCUT2D eigenvalue weighted by Crippen LogP contribution is -2.46. The maximum Gasteiger partial charge on any atom is 0.410 e. The Morgan fingerprint density at radius 2 is 1.73 bits per heavy atom. The number of nitrogens with one attached hydrogen (secondary N) is 1. The van der Waals surface area contributed by atoms with Crippen LogP contribution in [0.5, 0.6) is 5.75 Å². The lowest BCUT2D eigenvalue weighted by molar-refractivity contribution is -0.122. The van der Waals surface area contributed by atoms with Crippen molar-refractivity contribution in [2.24, 2.45) is 0 Å². The van der Waals surface area contributed by atoms with Gasteiger partial charge in [-0.1, -0.05) is 48.0 Å². The first-order valence-corrected chi connectivity index (χ1v) is 10.5. The molecule has 2 amide bonds. The third kappa shape index (κ3) is 7.10. The van der Waals surface area contributed by atoms with Gasteiger partial charge in [-0.2, -0.15) is 0 Å². The fourth-order valence-corrected chi connectivity index (χ4v) is 3.37. The van der Waals surface area contributed by atoms with Crippen molar-refractivity contribution < 1.29 is 19.1 Å². The molecule has 1 saturated heterocycles. The summed E-state index contributed by atoms with van der Waals surface area (Å²) in [6, 6.07) is 17.6. The number of likely N-dealkylation sites (tertiary alicyclic amines) is 1. The van der Waals surface area contributed by atoms with Crippen molar-refractivity contribution >= 4 is 12.0 Å². The first-order valence-electron chi connectivity index (χ1n) is 10.5. The van der Waals surface area contributed by atoms with E-state index in [1.807, 2.05) is 61.5 Å². The fourth-order valence-electron chi connectivity index (χ4n) is 3.37. The Bertz CT molecular complexity index is 800. The van der Waals surface area contributed by atoms with Gasteiger partial charge in [0.2, 0.25) is 5.91 Å². The van der Waals surface area contributed by atoms with Gasteiger partial charge in [-0.3, -0.25) is 4.79 Å². The van der Waals surface area contributed by atoms with Crippen molar-refractivity contribution in [3.05, 3.63) is 65.7 Å². The topological polar surface area (TPSA) is 67.9 Å². The third-order valence-corrected chi connectivity index (χ3v) is 5.16. The van der Waals surface area contributed by atoms with Gasteiger partial charge in [0.1, 0.15) is 12.4 Å². The summed E-state index contributed by atoms with van der Waals surface area (Å²) in [5.74, 6) is 0.861. The highest BCUT2D eigenvalue weighted by molar-refractivity contribution is 5.76. The number of rotatable bonds is 8. The summed E-state index contributed by atoms with van der Waals surface area (Å²) in [5.41, 5.74) is 2.16. The van der Waals surface area contributed by atoms with Crippen LogP contribution in [0.3, 0.4) is 0 Å². The van der Waals surface area contributed by atoms with Crippen LogP contribution in [0.4, 0.5) is 4.79 Å². The summed E-state index contributed by atoms with van der Waals surface area (Å²) in [4.78, 5) is 26.1. The van der Waals surface area contributed by atoms with Crippen molar-refractivity contribution in [3.63, 3.8) is 0 Å². The molecule has 0 spiro atoms. The van der Waals surface area contributed by atoms with Crippen LogP contribution in [0.1, 0.15) is 36.8 Å². The minimum atomic E-state index is -0.295. The molecule has 0 aliphatic carbocycles. The molecule has 0 saturated carbocycles. The van der Waals surface area contributed by atoms with Gasteiger partial charge in [0.25, 0.3) is 0 Å². The van der Waals surface area contributed by atoms with Gasteiger partial charge in [0.05, 0.1) is 6.61 Å². The highest BCUT2D eigenvalue weighted by Gasteiger charge is 2.24. The van der Waals surface area contributed by atoms with Crippen LogP contribution in [0.15, 0.2) is 54.6 Å². The van der Waals surface area contributed by atoms with Crippen molar-refractivity contribution in [1.82, 2.24) is 10.2 Å². The molecule has 0 atom stereocenters. The summed E-state index contributed by atoms with van der Waals surface area (Å²) < 4.78 is 11.0. The van der Waals surface area contributed by atoms with Gasteiger partial charge >= 0.3 is 6.09 Å². The molecule has 3 rings (SSSR count). The highest BCUT2D eigenvalue weighted by Crippen LogP contribution is 2.14. The molecule has 6 heteroatoms. The molecule has 0 radical (unpaired) electrons. The van der Waals surface area contributed by atoms with E-state index in [1.165, 1.54) is 5.56 Å². The Morgan fingerprint density at radius 3 is 2.43 bits per heavy atom. The predicted molar refractivity (Wildman–Crippen MR) is 115 cm³/mol. The van der Waals surface area contributed by atoms with Crippen LogP contribution in [-0.2, 0) is 16.1 Å². The van der Waals surface area contributed by atoms with E-state index < -0.39 is 0 Å². The number of nitrogens with zero attached hydrogens (tertiary/aromatic N) is 1. The number of hydrogen-bond acceptors (Lipinski definition) is 4. The quantitative estimate of drug-likeness (QED) is 0.666. The zero-order valence-corrected chi connectivity index (χ0v) is 17.5. The van der Waals surface area contributed by atoms with Gasteiger partial charge in [-0.05, 0) is 43.9 Å². The van der Waals surface area contributed by atoms with Gasteiger partial charge in [-0.25, -0.2) is 4.79 Å². The molecular weight excluding hydrogens is 380 g/mol. The van der Waals surface area contributed by atoms with E-state index in [2.05, 4.69) is 5.32 Å². The SMILES string of the molecule is Cc1ccc(OCCCC(=O)NC2CCN(C(=O)OCc3ccccc3)CC2)cc1. The summed E-state index contributed by atoms with van der Waals surface area (Å²) in [5, 5.41) is 3.07. The van der Waals surface area contributed by atoms with Crippen LogP contribution >= 0.6 is 0 Å². The number of benzene rings is 2. The van der Waals surface area contributed by atoms with E-state index in [0.717, 1.165) is 24.2 Å². The van der Waals surface area contributed by atoms with Crippen LogP contribution in [0, 0.1) is 6.92 Å². The van der Waals surface area contributed by atoms with E-state index in [9.17, 15) is 9.59 Å². The number of amides is 2. The van der Waals surface area contributed by atoms with Gasteiger partial charge < -0.3 is 19.7 Å². The largest absolute Gasteiger partial charge is 0.494 e. The Morgan fingerprint density at radius 1 is 1.03 bits per heavy atom. The zero-order chi connectivity index (χ0) is 21.2. The molecule has 160 valence electrons. The summed E-state index contributed by atoms with van der Waals surface area (Å²) >= 11 is 0. The van der Waals surface area contributed by atoms with Crippen LogP contribution in [-0.4, -0.2) is 42.6 Å². The Labute approximate surface area is 178 Å². The number of aryl methyl sites for hydroxylation is 1. The van der Waals surface area contributed by atoms with Crippen LogP contribution in [0.2, 0.25) is 0 Å². The van der Waals surface area contributed by atoms with E-state index in [1.54, 1.807) is 4.90 Å². The Hall–Kier alpha value is -3.02. The Balaban J connectivity index is 1.27. The van der Waals surface area contributed by atoms with Crippen molar-refractivity contribution in [3.8, 4) is 5.75 Å². The summed E-state index contributed by atoms with van der Waals surface area (Å²) in [7, 11) is 0. The monoisotopic (exact) mass is 410 g/mol. The number of hydrogen-bond donors (Lipinski definition) is 1. The Kier molecular flexibility index (Phi) is 8.12. The molecule has 30 heavy (non-hydrogen) atoms. The normalized spacial score (nSPS) is 14.2. The second kappa shape index (κ2) is 11.2. The van der Waals surface area contributed by atoms with Crippen molar-refractivity contribution in [2.75, 3.05) is 19.7 Å². The molecule has 2 aromatic rings. The fraction of sp³-hybridized carbons (Fsp3) is 0.417. The first-order chi connectivity index (χ1) is 14.6. The van der Waals surface area contributed by atoms with Crippen molar-refractivity contribution in [1.29, 1.82) is 0 Å². The first kappa shape index (κ1) is 21.7. The minimum Gasteiger partial charge on any atom is -0.494 e. The third-order valence-electron chi connectivity index (χ3n) is 5.16. The van der Waals surface area contributed by atoms with E-state index >= 15 is 0 Å². The number of piperidine rings is 1. The number of carbonyl (C=O) groups is 2. The summed E-state index contributed by atoms with van der Waals surface area (Å²) in [6.45, 7) is 4.01. The molecular formula is C24H30N2O4. The molecule has 6 nitrogen and oxygen atoms in total. The molecule has 0 aromatic heterocycles. The maximum absolute atomic E-state index is 12.2. The van der Waals surface area contributed by atoms with E-state index in [4.69, 9.17) is 9.47 Å². The zero-order valence-electron chi connectivity index (χ0n) is 17.5. The molecule has 2 aromatic carbocycles. The number of ether oxygens (including phenoxy) is 2. The lowest BCUT2D eigenvalue weighted by Gasteiger charge is -2.31. The van der Waals surface area contributed by atoms with E-state index in [-0.39, 0.29) is 24.6 Å². The second-order valence-electron chi connectivity index (χ2n) is 7.63. The molecule has 0 unspecified atom stereocenters. The summed E-state index contributed by atoms with van der Waals surface area (Å²) in [6.07, 6.45) is 2.30. The minimum absolute atomic E-state index is 0.0348. The van der Waals surface area contributed by atoms with Crippen molar-refractivity contribution in [2.45, 2.75) is 45.3 Å². The molecule has 1 fully saturated rings. The predicted octanol–water partition coefficient (Wildman–Crippen LogP) is 4.07. The van der Waals surface area contributed by atoms with Gasteiger partial charge in [0, 0.05) is 25.6 Å². The molecule has 1 N–H and O–H groups in total. The standard InChI is InChI=1S/C24H30N2O4/c1-19-9-11-22(12-10-19)29-17-5-8-23(27)25-21-13-15-26(16-14-21)24(28)30-18-20-6-3-2-4-7-20/h2-4,6-7,9-12,21H,5,8,13-18H2,1H3,(H,25,27). The van der Waals surface area contributed by atoms with Gasteiger partial charge in [-0.15, -0.1) is 0 Å². The average molecular weight is 411 g/mol. The molecule has 1 heterocycles. The average Bonchev–Trinajstić information content (AvgIpc) is 2.77. The van der Waals surface area contributed by atoms with E-state index in [0.29, 0.717) is 32.5 Å². The maximum atomic E-state index is 12.2. The molecule has 0 bridgehead atoms. The second-order valence-corrected chi connectivity index (χ2v) is 7.63. The molecule has 1 aliphatic rings. The lowest BCUT2D eigenvalue weighted by atomic mass is 10.1. The smallest absolute Gasteiger partial charge is 0.410 e. The number of carbonyl (C=O) groups excluding carboxylic acids is 2.